The summed E-state index contributed by atoms with van der Waals surface area (Å²) in [6.07, 6.45) is 1.80. The first-order valence-corrected chi connectivity index (χ1v) is 10.4. The van der Waals surface area contributed by atoms with Gasteiger partial charge in [-0.05, 0) is 38.0 Å². The predicted molar refractivity (Wildman–Crippen MR) is 118 cm³/mol. The molecule has 0 saturated heterocycles. The van der Waals surface area contributed by atoms with Crippen LogP contribution < -0.4 is 15.6 Å². The summed E-state index contributed by atoms with van der Waals surface area (Å²) in [5, 5.41) is 22.5. The van der Waals surface area contributed by atoms with Crippen molar-refractivity contribution < 1.29 is 28.5 Å². The quantitative estimate of drug-likeness (QED) is 0.396. The minimum atomic E-state index is -0.966. The monoisotopic (exact) mass is 464 g/mol. The van der Waals surface area contributed by atoms with Gasteiger partial charge in [-0.3, -0.25) is 9.36 Å². The predicted octanol–water partition coefficient (Wildman–Crippen LogP) is 2.61. The average Bonchev–Trinajstić information content (AvgIpc) is 2.76. The summed E-state index contributed by atoms with van der Waals surface area (Å²) in [4.78, 5) is 22.1. The number of nitrogens with one attached hydrogen (secondary N) is 1. The van der Waals surface area contributed by atoms with Gasteiger partial charge in [0.15, 0.2) is 17.3 Å². The van der Waals surface area contributed by atoms with Gasteiger partial charge in [0.05, 0.1) is 6.61 Å². The molecule has 0 aliphatic rings. The van der Waals surface area contributed by atoms with Gasteiger partial charge < -0.3 is 25.0 Å². The van der Waals surface area contributed by atoms with Crippen LogP contribution in [0.2, 0.25) is 0 Å². The number of fused-ring (bicyclic) bond motifs is 1. The topological polar surface area (TPSA) is 119 Å². The Kier molecular flexibility index (Phi) is 8.26. The first-order chi connectivity index (χ1) is 15.9. The van der Waals surface area contributed by atoms with Crippen LogP contribution in [0.3, 0.4) is 0 Å². The molecule has 3 N–H and O–H groups in total. The third kappa shape index (κ3) is 5.81. The van der Waals surface area contributed by atoms with Crippen molar-refractivity contribution in [1.29, 1.82) is 0 Å². The number of anilines is 1. The number of aliphatic hydroxyl groups excluding tert-OH is 2. The molecule has 3 rings (SSSR count). The second-order valence-corrected chi connectivity index (χ2v) is 7.51. The Morgan fingerprint density at radius 1 is 1.15 bits per heavy atom. The fourth-order valence-corrected chi connectivity index (χ4v) is 3.47. The third-order valence-electron chi connectivity index (χ3n) is 4.94. The van der Waals surface area contributed by atoms with Crippen LogP contribution in [0.15, 0.2) is 35.3 Å². The van der Waals surface area contributed by atoms with Gasteiger partial charge in [-0.15, -0.1) is 0 Å². The molecule has 2 heterocycles. The van der Waals surface area contributed by atoms with Crippen LogP contribution in [-0.4, -0.2) is 57.7 Å². The lowest BCUT2D eigenvalue weighted by Crippen LogP contribution is -2.29. The number of benzene rings is 1. The Bertz CT molecular complexity index is 1150. The summed E-state index contributed by atoms with van der Waals surface area (Å²) >= 11 is 0. The van der Waals surface area contributed by atoms with Crippen molar-refractivity contribution in [2.45, 2.75) is 31.8 Å². The fourth-order valence-electron chi connectivity index (χ4n) is 3.47. The molecule has 0 unspecified atom stereocenters. The maximum atomic E-state index is 14.1. The van der Waals surface area contributed by atoms with E-state index in [1.807, 2.05) is 6.92 Å². The van der Waals surface area contributed by atoms with Gasteiger partial charge in [-0.2, -0.15) is 4.98 Å². The van der Waals surface area contributed by atoms with Gasteiger partial charge in [0, 0.05) is 50.1 Å². The second kappa shape index (κ2) is 11.1. The lowest BCUT2D eigenvalue weighted by molar-refractivity contribution is 0.190. The largest absolute Gasteiger partial charge is 0.448 e. The Morgan fingerprint density at radius 3 is 2.52 bits per heavy atom. The van der Waals surface area contributed by atoms with Gasteiger partial charge in [-0.25, -0.2) is 13.8 Å². The summed E-state index contributed by atoms with van der Waals surface area (Å²) in [6.45, 7) is 1.80. The highest BCUT2D eigenvalue weighted by Gasteiger charge is 2.21. The second-order valence-electron chi connectivity index (χ2n) is 7.51. The first-order valence-electron chi connectivity index (χ1n) is 10.4. The Morgan fingerprint density at radius 2 is 1.88 bits per heavy atom. The highest BCUT2D eigenvalue weighted by molar-refractivity contribution is 5.77. The normalized spacial score (nSPS) is 12.3. The summed E-state index contributed by atoms with van der Waals surface area (Å²) in [7, 11) is 1.57. The minimum Gasteiger partial charge on any atom is -0.448 e. The lowest BCUT2D eigenvalue weighted by Gasteiger charge is -2.21. The van der Waals surface area contributed by atoms with E-state index in [1.165, 1.54) is 16.8 Å². The van der Waals surface area contributed by atoms with Crippen molar-refractivity contribution in [3.8, 4) is 11.5 Å². The van der Waals surface area contributed by atoms with Crippen molar-refractivity contribution >= 4 is 17.0 Å². The molecule has 33 heavy (non-hydrogen) atoms. The number of aromatic nitrogens is 3. The molecule has 1 atom stereocenters. The van der Waals surface area contributed by atoms with E-state index in [0.717, 1.165) is 12.1 Å². The van der Waals surface area contributed by atoms with Crippen LogP contribution in [0.25, 0.3) is 11.0 Å². The smallest absolute Gasteiger partial charge is 0.295 e. The van der Waals surface area contributed by atoms with E-state index < -0.39 is 23.2 Å². The first kappa shape index (κ1) is 24.5. The van der Waals surface area contributed by atoms with Crippen LogP contribution in [0.4, 0.5) is 14.7 Å². The number of hydrogen-bond donors (Lipinski definition) is 3. The molecule has 178 valence electrons. The summed E-state index contributed by atoms with van der Waals surface area (Å²) in [6, 6.07) is 3.39. The molecule has 0 saturated carbocycles. The zero-order valence-electron chi connectivity index (χ0n) is 18.3. The Labute approximate surface area is 188 Å². The molecule has 3 aromatic rings. The standard InChI is InChI=1S/C22H26F2N4O5/c1-13(12-32-2)26-22-25-11-14-9-19(33-18-4-3-15(23)10-17(18)24)21(31)28(20(14)27-22)16(5-7-29)6-8-30/h3-4,9-11,13,16,29-30H,5-8,12H2,1-2H3,(H,25,26,27)/t13-/m0/s1. The number of nitrogens with zero attached hydrogens (tertiary/aromatic N) is 3. The number of hydrogen-bond acceptors (Lipinski definition) is 8. The molecule has 2 aromatic heterocycles. The van der Waals surface area contributed by atoms with Gasteiger partial charge in [0.2, 0.25) is 5.95 Å². The number of aliphatic hydroxyl groups is 2. The van der Waals surface area contributed by atoms with E-state index in [4.69, 9.17) is 9.47 Å². The number of halogens is 2. The summed E-state index contributed by atoms with van der Waals surface area (Å²) in [5.74, 6) is -2.05. The van der Waals surface area contributed by atoms with E-state index in [2.05, 4.69) is 15.3 Å². The van der Waals surface area contributed by atoms with E-state index in [0.29, 0.717) is 18.1 Å². The molecular weight excluding hydrogens is 438 g/mol. The summed E-state index contributed by atoms with van der Waals surface area (Å²) in [5.41, 5.74) is -0.395. The maximum Gasteiger partial charge on any atom is 0.295 e. The van der Waals surface area contributed by atoms with E-state index >= 15 is 0 Å². The molecule has 0 fully saturated rings. The number of rotatable bonds is 11. The minimum absolute atomic E-state index is 0.109. The Hall–Kier alpha value is -3.15. The van der Waals surface area contributed by atoms with E-state index in [-0.39, 0.29) is 55.2 Å². The van der Waals surface area contributed by atoms with Crippen LogP contribution in [0.5, 0.6) is 11.5 Å². The molecule has 0 amide bonds. The number of pyridine rings is 1. The van der Waals surface area contributed by atoms with Crippen LogP contribution in [0, 0.1) is 11.6 Å². The van der Waals surface area contributed by atoms with Crippen molar-refractivity contribution in [1.82, 2.24) is 14.5 Å². The van der Waals surface area contributed by atoms with Gasteiger partial charge in [-0.1, -0.05) is 0 Å². The molecule has 0 radical (unpaired) electrons. The van der Waals surface area contributed by atoms with Crippen molar-refractivity contribution in [2.24, 2.45) is 0 Å². The molecule has 0 aliphatic heterocycles. The lowest BCUT2D eigenvalue weighted by atomic mass is 10.1. The third-order valence-corrected chi connectivity index (χ3v) is 4.94. The molecule has 0 aliphatic carbocycles. The summed E-state index contributed by atoms with van der Waals surface area (Å²) < 4.78 is 39.3. The maximum absolute atomic E-state index is 14.1. The highest BCUT2D eigenvalue weighted by Crippen LogP contribution is 2.27. The molecule has 1 aromatic carbocycles. The van der Waals surface area contributed by atoms with Crippen LogP contribution in [-0.2, 0) is 4.74 Å². The molecule has 0 bridgehead atoms. The van der Waals surface area contributed by atoms with Crippen LogP contribution in [0.1, 0.15) is 25.8 Å². The van der Waals surface area contributed by atoms with Crippen molar-refractivity contribution in [3.63, 3.8) is 0 Å². The van der Waals surface area contributed by atoms with Crippen molar-refractivity contribution in [3.05, 3.63) is 52.5 Å². The van der Waals surface area contributed by atoms with Gasteiger partial charge in [0.25, 0.3) is 5.56 Å². The van der Waals surface area contributed by atoms with E-state index in [9.17, 15) is 23.8 Å². The average molecular weight is 464 g/mol. The zero-order chi connectivity index (χ0) is 24.0. The van der Waals surface area contributed by atoms with Crippen LogP contribution >= 0.6 is 0 Å². The number of ether oxygens (including phenoxy) is 2. The molecule has 0 spiro atoms. The molecule has 9 nitrogen and oxygen atoms in total. The van der Waals surface area contributed by atoms with Gasteiger partial charge >= 0.3 is 0 Å². The zero-order valence-corrected chi connectivity index (χ0v) is 18.3. The highest BCUT2D eigenvalue weighted by atomic mass is 19.1. The SMILES string of the molecule is COC[C@H](C)Nc1ncc2cc(Oc3ccc(F)cc3F)c(=O)n(C(CCO)CCO)c2n1. The Balaban J connectivity index is 2.15. The molecular formula is C22H26F2N4O5. The molecule has 11 heteroatoms. The van der Waals surface area contributed by atoms with Gasteiger partial charge in [0.1, 0.15) is 11.5 Å². The van der Waals surface area contributed by atoms with Crippen molar-refractivity contribution in [2.75, 3.05) is 32.2 Å². The number of methoxy groups -OCH3 is 1. The fraction of sp³-hybridized carbons (Fsp3) is 0.409. The van der Waals surface area contributed by atoms with E-state index in [1.54, 1.807) is 7.11 Å².